The largest absolute Gasteiger partial charge is 0.884 e. The molecule has 2 heteroatoms. The molecule has 0 atom stereocenters. The van der Waals surface area contributed by atoms with Gasteiger partial charge in [-0.2, -0.15) is 0 Å². The summed E-state index contributed by atoms with van der Waals surface area (Å²) in [6, 6.07) is 0. The van der Waals surface area contributed by atoms with Crippen LogP contribution in [-0.2, 0) is 0 Å². The van der Waals surface area contributed by atoms with Crippen LogP contribution in [0.1, 0.15) is 6.92 Å². The Bertz CT molecular complexity index is 94.6. The van der Waals surface area contributed by atoms with Gasteiger partial charge in [0.25, 0.3) is 0 Å². The molecule has 0 heterocycles. The molecule has 0 aliphatic carbocycles. The van der Waals surface area contributed by atoms with Gasteiger partial charge in [0.15, 0.2) is 0 Å². The van der Waals surface area contributed by atoms with E-state index in [-0.39, 0.29) is 5.76 Å². The van der Waals surface area contributed by atoms with Crippen molar-refractivity contribution in [2.75, 3.05) is 0 Å². The summed E-state index contributed by atoms with van der Waals surface area (Å²) in [4.78, 5) is 2.71. The maximum atomic E-state index is 9.77. The molecule has 0 amide bonds. The molecule has 0 spiro atoms. The van der Waals surface area contributed by atoms with Gasteiger partial charge in [0.2, 0.25) is 0 Å². The summed E-state index contributed by atoms with van der Waals surface area (Å²) >= 11 is 0. The Morgan fingerprint density at radius 3 is 2.50 bits per heavy atom. The number of hydrogen-bond acceptors (Lipinski definition) is 1. The summed E-state index contributed by atoms with van der Waals surface area (Å²) in [5, 5.41) is 9.77. The third-order valence-electron chi connectivity index (χ3n) is 0.246. The lowest BCUT2D eigenvalue weighted by Gasteiger charge is -1.95. The first-order valence-corrected chi connectivity index (χ1v) is 1.47. The maximum Gasteiger partial charge on any atom is 0.141 e. The van der Waals surface area contributed by atoms with E-state index in [0.29, 0.717) is 0 Å². The molecule has 0 unspecified atom stereocenters. The summed E-state index contributed by atoms with van der Waals surface area (Å²) in [7, 11) is 0. The van der Waals surface area contributed by atoms with Gasteiger partial charge in [-0.15, -0.1) is 5.76 Å². The standard InChI is InChI=1S/C4H5NO/c1-4(6)3-5-2/h3,6H,1H3/p-1/b4-3+. The van der Waals surface area contributed by atoms with Gasteiger partial charge in [0, 0.05) is 0 Å². The van der Waals surface area contributed by atoms with Crippen molar-refractivity contribution in [3.63, 3.8) is 0 Å². The quantitative estimate of drug-likeness (QED) is 0.301. The van der Waals surface area contributed by atoms with Crippen molar-refractivity contribution < 1.29 is 5.11 Å². The lowest BCUT2D eigenvalue weighted by Crippen LogP contribution is -1.95. The van der Waals surface area contributed by atoms with E-state index in [4.69, 9.17) is 6.57 Å². The Morgan fingerprint density at radius 2 is 2.50 bits per heavy atom. The summed E-state index contributed by atoms with van der Waals surface area (Å²) < 4.78 is 0. The van der Waals surface area contributed by atoms with Gasteiger partial charge in [0.05, 0.1) is 6.57 Å². The van der Waals surface area contributed by atoms with E-state index in [0.717, 1.165) is 6.20 Å². The Balaban J connectivity index is 3.51. The van der Waals surface area contributed by atoms with Gasteiger partial charge in [0.1, 0.15) is 6.20 Å². The summed E-state index contributed by atoms with van der Waals surface area (Å²) in [5.74, 6) is -0.190. The zero-order chi connectivity index (χ0) is 4.99. The second-order valence-corrected chi connectivity index (χ2v) is 0.869. The van der Waals surface area contributed by atoms with E-state index in [2.05, 4.69) is 4.85 Å². The van der Waals surface area contributed by atoms with Crippen molar-refractivity contribution >= 4 is 0 Å². The van der Waals surface area contributed by atoms with Gasteiger partial charge < -0.3 is 5.11 Å². The van der Waals surface area contributed by atoms with Crippen LogP contribution in [0, 0.1) is 6.57 Å². The minimum atomic E-state index is -0.190. The van der Waals surface area contributed by atoms with E-state index in [9.17, 15) is 5.11 Å². The lowest BCUT2D eigenvalue weighted by molar-refractivity contribution is -0.301. The topological polar surface area (TPSA) is 27.4 Å². The fourth-order valence-electron chi connectivity index (χ4n) is 0.0909. The molecule has 2 nitrogen and oxygen atoms in total. The van der Waals surface area contributed by atoms with E-state index in [1.165, 1.54) is 6.92 Å². The molecule has 0 saturated heterocycles. The molecule has 32 valence electrons. The average molecular weight is 82.1 g/mol. The first-order valence-electron chi connectivity index (χ1n) is 1.47. The molecule has 0 N–H and O–H groups in total. The number of hydrogen-bond donors (Lipinski definition) is 0. The minimum absolute atomic E-state index is 0.190. The van der Waals surface area contributed by atoms with Crippen LogP contribution < -0.4 is 5.11 Å². The zero-order valence-electron chi connectivity index (χ0n) is 3.43. The fourth-order valence-corrected chi connectivity index (χ4v) is 0.0909. The van der Waals surface area contributed by atoms with Crippen LogP contribution in [0.25, 0.3) is 4.85 Å². The van der Waals surface area contributed by atoms with E-state index in [1.54, 1.807) is 0 Å². The Morgan fingerprint density at radius 1 is 2.00 bits per heavy atom. The van der Waals surface area contributed by atoms with Crippen LogP contribution in [0.5, 0.6) is 0 Å². The lowest BCUT2D eigenvalue weighted by atomic mass is 10.6. The number of nitrogens with zero attached hydrogens (tertiary/aromatic N) is 1. The van der Waals surface area contributed by atoms with Crippen LogP contribution in [0.3, 0.4) is 0 Å². The van der Waals surface area contributed by atoms with Gasteiger partial charge in [-0.25, -0.2) is 4.85 Å². The van der Waals surface area contributed by atoms with Crippen molar-refractivity contribution in [1.29, 1.82) is 0 Å². The van der Waals surface area contributed by atoms with Gasteiger partial charge in [-0.05, 0) is 0 Å². The molecular weight excluding hydrogens is 78.0 g/mol. The highest BCUT2D eigenvalue weighted by Gasteiger charge is 1.55. The van der Waals surface area contributed by atoms with Crippen molar-refractivity contribution in [1.82, 2.24) is 0 Å². The molecular formula is C4H4NO-. The van der Waals surface area contributed by atoms with Crippen molar-refractivity contribution in [3.8, 4) is 0 Å². The van der Waals surface area contributed by atoms with Gasteiger partial charge >= 0.3 is 0 Å². The SMILES string of the molecule is [C-]#[N+]/C=C(\C)[O-]. The highest BCUT2D eigenvalue weighted by atomic mass is 16.3. The smallest absolute Gasteiger partial charge is 0.141 e. The van der Waals surface area contributed by atoms with Crippen LogP contribution in [-0.4, -0.2) is 0 Å². The van der Waals surface area contributed by atoms with E-state index < -0.39 is 0 Å². The molecule has 0 aliphatic heterocycles. The first kappa shape index (κ1) is 5.03. The van der Waals surface area contributed by atoms with Crippen molar-refractivity contribution in [2.45, 2.75) is 6.92 Å². The zero-order valence-corrected chi connectivity index (χ0v) is 3.43. The van der Waals surface area contributed by atoms with Crippen LogP contribution >= 0.6 is 0 Å². The second-order valence-electron chi connectivity index (χ2n) is 0.869. The first-order chi connectivity index (χ1) is 2.77. The average Bonchev–Trinajstić information content (AvgIpc) is 1.35. The summed E-state index contributed by atoms with van der Waals surface area (Å²) in [6.45, 7) is 7.43. The monoisotopic (exact) mass is 82.0 g/mol. The molecule has 0 aromatic carbocycles. The molecule has 0 saturated carbocycles. The van der Waals surface area contributed by atoms with Gasteiger partial charge in [-0.3, -0.25) is 0 Å². The molecule has 0 radical (unpaired) electrons. The normalized spacial score (nSPS) is 10.3. The fraction of sp³-hybridized carbons (Fsp3) is 0.250. The molecule has 0 rings (SSSR count). The number of allylic oxidation sites excluding steroid dienone is 1. The number of rotatable bonds is 0. The highest BCUT2D eigenvalue weighted by Crippen LogP contribution is 1.75. The Hall–Kier alpha value is -0.970. The van der Waals surface area contributed by atoms with Crippen LogP contribution in [0.15, 0.2) is 12.0 Å². The maximum absolute atomic E-state index is 9.77. The predicted octanol–water partition coefficient (Wildman–Crippen LogP) is 0.127. The molecule has 0 aliphatic rings. The predicted molar refractivity (Wildman–Crippen MR) is 20.4 cm³/mol. The third kappa shape index (κ3) is 3.03. The van der Waals surface area contributed by atoms with Gasteiger partial charge in [-0.1, -0.05) is 6.92 Å². The molecule has 0 bridgehead atoms. The summed E-state index contributed by atoms with van der Waals surface area (Å²) in [6.07, 6.45) is 0.944. The van der Waals surface area contributed by atoms with Crippen LogP contribution in [0.4, 0.5) is 0 Å². The molecule has 0 aromatic rings. The molecule has 6 heavy (non-hydrogen) atoms. The Kier molecular flexibility index (Phi) is 1.91. The second kappa shape index (κ2) is 2.28. The minimum Gasteiger partial charge on any atom is -0.884 e. The molecule has 0 fully saturated rings. The Labute approximate surface area is 36.5 Å². The van der Waals surface area contributed by atoms with Crippen molar-refractivity contribution in [2.24, 2.45) is 0 Å². The molecule has 0 aromatic heterocycles. The van der Waals surface area contributed by atoms with Crippen molar-refractivity contribution in [3.05, 3.63) is 23.4 Å². The summed E-state index contributed by atoms with van der Waals surface area (Å²) in [5.41, 5.74) is 0. The third-order valence-corrected chi connectivity index (χ3v) is 0.246. The van der Waals surface area contributed by atoms with E-state index >= 15 is 0 Å². The highest BCUT2D eigenvalue weighted by molar-refractivity contribution is 4.91. The van der Waals surface area contributed by atoms with E-state index in [1.807, 2.05) is 0 Å². The van der Waals surface area contributed by atoms with Crippen LogP contribution in [0.2, 0.25) is 0 Å².